The molecule has 0 amide bonds. The van der Waals surface area contributed by atoms with Crippen LogP contribution in [0.1, 0.15) is 46.0 Å². The SMILES string of the molecule is CC(=O)c1c(C)[nH]c(C(=O)[C@@H](C)Sc2nncs2)c1C. The molecule has 0 unspecified atom stereocenters. The molecule has 1 atom stereocenters. The van der Waals surface area contributed by atoms with E-state index in [9.17, 15) is 9.59 Å². The number of nitrogens with one attached hydrogen (secondary N) is 1. The molecule has 106 valence electrons. The van der Waals surface area contributed by atoms with Crippen LogP contribution in [0.25, 0.3) is 0 Å². The van der Waals surface area contributed by atoms with Crippen LogP contribution >= 0.6 is 23.1 Å². The molecule has 2 rings (SSSR count). The number of nitrogens with zero attached hydrogens (tertiary/aromatic N) is 2. The largest absolute Gasteiger partial charge is 0.355 e. The third-order valence-corrected chi connectivity index (χ3v) is 4.93. The van der Waals surface area contributed by atoms with Crippen LogP contribution in [-0.2, 0) is 0 Å². The predicted molar refractivity (Wildman–Crippen MR) is 79.8 cm³/mol. The number of aryl methyl sites for hydroxylation is 1. The summed E-state index contributed by atoms with van der Waals surface area (Å²) < 4.78 is 0.763. The Bertz CT molecular complexity index is 647. The Kier molecular flexibility index (Phi) is 4.39. The van der Waals surface area contributed by atoms with Gasteiger partial charge in [-0.15, -0.1) is 10.2 Å². The summed E-state index contributed by atoms with van der Waals surface area (Å²) in [5.41, 5.74) is 4.23. The number of aromatic amines is 1. The lowest BCUT2D eigenvalue weighted by Gasteiger charge is -2.07. The van der Waals surface area contributed by atoms with Gasteiger partial charge in [-0.05, 0) is 33.3 Å². The third kappa shape index (κ3) is 2.83. The Labute approximate surface area is 125 Å². The highest BCUT2D eigenvalue weighted by molar-refractivity contribution is 8.02. The van der Waals surface area contributed by atoms with Crippen LogP contribution in [0, 0.1) is 13.8 Å². The van der Waals surface area contributed by atoms with Gasteiger partial charge in [0.2, 0.25) is 0 Å². The maximum Gasteiger partial charge on any atom is 0.192 e. The second-order valence-corrected chi connectivity index (χ2v) is 6.93. The predicted octanol–water partition coefficient (Wildman–Crippen LogP) is 3.05. The van der Waals surface area contributed by atoms with E-state index >= 15 is 0 Å². The Morgan fingerprint density at radius 1 is 1.40 bits per heavy atom. The average Bonchev–Trinajstić information content (AvgIpc) is 2.96. The zero-order valence-electron chi connectivity index (χ0n) is 11.7. The lowest BCUT2D eigenvalue weighted by Crippen LogP contribution is -2.15. The van der Waals surface area contributed by atoms with E-state index in [-0.39, 0.29) is 16.8 Å². The van der Waals surface area contributed by atoms with Gasteiger partial charge in [0.15, 0.2) is 15.9 Å². The number of aromatic nitrogens is 3. The summed E-state index contributed by atoms with van der Waals surface area (Å²) >= 11 is 2.78. The van der Waals surface area contributed by atoms with Crippen LogP contribution in [0.3, 0.4) is 0 Å². The van der Waals surface area contributed by atoms with Gasteiger partial charge in [-0.1, -0.05) is 23.1 Å². The molecule has 0 aliphatic heterocycles. The summed E-state index contributed by atoms with van der Waals surface area (Å²) in [7, 11) is 0. The molecule has 5 nitrogen and oxygen atoms in total. The Morgan fingerprint density at radius 3 is 2.60 bits per heavy atom. The first-order valence-electron chi connectivity index (χ1n) is 6.09. The molecule has 0 radical (unpaired) electrons. The van der Waals surface area contributed by atoms with Crippen LogP contribution in [0.15, 0.2) is 9.85 Å². The van der Waals surface area contributed by atoms with Gasteiger partial charge in [-0.2, -0.15) is 0 Å². The molecule has 0 saturated heterocycles. The molecule has 2 aromatic rings. The molecule has 0 aromatic carbocycles. The van der Waals surface area contributed by atoms with Crippen molar-refractivity contribution >= 4 is 34.7 Å². The fourth-order valence-corrected chi connectivity index (χ4v) is 3.83. The molecule has 0 fully saturated rings. The average molecular weight is 309 g/mol. The van der Waals surface area contributed by atoms with E-state index < -0.39 is 0 Å². The van der Waals surface area contributed by atoms with Gasteiger partial charge in [-0.25, -0.2) is 0 Å². The minimum absolute atomic E-state index is 0.0280. The fraction of sp³-hybridized carbons (Fsp3) is 0.385. The number of hydrogen-bond acceptors (Lipinski definition) is 6. The van der Waals surface area contributed by atoms with Gasteiger partial charge in [0, 0.05) is 11.3 Å². The van der Waals surface area contributed by atoms with Crippen molar-refractivity contribution in [3.05, 3.63) is 28.0 Å². The summed E-state index contributed by atoms with van der Waals surface area (Å²) in [6, 6.07) is 0. The molecule has 7 heteroatoms. The maximum absolute atomic E-state index is 12.5. The zero-order valence-corrected chi connectivity index (χ0v) is 13.3. The Hall–Kier alpha value is -1.47. The summed E-state index contributed by atoms with van der Waals surface area (Å²) in [6.45, 7) is 6.95. The smallest absolute Gasteiger partial charge is 0.192 e. The van der Waals surface area contributed by atoms with E-state index in [1.165, 1.54) is 30.0 Å². The number of thioether (sulfide) groups is 1. The van der Waals surface area contributed by atoms with Gasteiger partial charge >= 0.3 is 0 Å². The number of carbonyl (C=O) groups is 2. The van der Waals surface area contributed by atoms with Crippen molar-refractivity contribution in [1.29, 1.82) is 0 Å². The Balaban J connectivity index is 2.25. The van der Waals surface area contributed by atoms with Crippen LogP contribution < -0.4 is 0 Å². The van der Waals surface area contributed by atoms with E-state index in [1.54, 1.807) is 12.4 Å². The molecule has 1 N–H and O–H groups in total. The van der Waals surface area contributed by atoms with Crippen molar-refractivity contribution in [2.75, 3.05) is 0 Å². The molecular formula is C13H15N3O2S2. The first-order chi connectivity index (χ1) is 9.41. The molecule has 0 aliphatic carbocycles. The summed E-state index contributed by atoms with van der Waals surface area (Å²) in [6.07, 6.45) is 0. The summed E-state index contributed by atoms with van der Waals surface area (Å²) in [5, 5.41) is 7.39. The van der Waals surface area contributed by atoms with Crippen LogP contribution in [0.2, 0.25) is 0 Å². The third-order valence-electron chi connectivity index (χ3n) is 3.02. The first-order valence-corrected chi connectivity index (χ1v) is 7.85. The van der Waals surface area contributed by atoms with Gasteiger partial charge in [-0.3, -0.25) is 9.59 Å². The number of rotatable bonds is 5. The standard InChI is InChI=1S/C13H15N3O2S2/c1-6-10(8(3)17)7(2)15-11(6)12(18)9(4)20-13-16-14-5-19-13/h5,9,15H,1-4H3/t9-/m1/s1. The van der Waals surface area contributed by atoms with E-state index in [1.807, 2.05) is 13.8 Å². The molecule has 0 bridgehead atoms. The monoisotopic (exact) mass is 309 g/mol. The zero-order chi connectivity index (χ0) is 14.9. The van der Waals surface area contributed by atoms with Crippen molar-refractivity contribution in [1.82, 2.24) is 15.2 Å². The number of hydrogen-bond donors (Lipinski definition) is 1. The van der Waals surface area contributed by atoms with Crippen molar-refractivity contribution in [2.24, 2.45) is 0 Å². The van der Waals surface area contributed by atoms with E-state index in [0.717, 1.165) is 15.6 Å². The van der Waals surface area contributed by atoms with Gasteiger partial charge in [0.05, 0.1) is 10.9 Å². The van der Waals surface area contributed by atoms with Crippen molar-refractivity contribution in [3.63, 3.8) is 0 Å². The minimum Gasteiger partial charge on any atom is -0.355 e. The lowest BCUT2D eigenvalue weighted by atomic mass is 10.0. The normalized spacial score (nSPS) is 12.4. The molecular weight excluding hydrogens is 294 g/mol. The van der Waals surface area contributed by atoms with E-state index in [0.29, 0.717) is 11.3 Å². The number of Topliss-reactive ketones (excluding diaryl/α,β-unsaturated/α-hetero) is 2. The first kappa shape index (κ1) is 14.9. The number of carbonyl (C=O) groups excluding carboxylic acids is 2. The van der Waals surface area contributed by atoms with Crippen LogP contribution in [0.5, 0.6) is 0 Å². The fourth-order valence-electron chi connectivity index (χ4n) is 2.15. The molecule has 20 heavy (non-hydrogen) atoms. The molecule has 0 spiro atoms. The summed E-state index contributed by atoms with van der Waals surface area (Å²) in [4.78, 5) is 27.1. The van der Waals surface area contributed by atoms with Gasteiger partial charge in [0.1, 0.15) is 5.51 Å². The quantitative estimate of drug-likeness (QED) is 0.678. The maximum atomic E-state index is 12.5. The van der Waals surface area contributed by atoms with Crippen molar-refractivity contribution in [3.8, 4) is 0 Å². The van der Waals surface area contributed by atoms with Crippen LogP contribution in [-0.4, -0.2) is 32.0 Å². The highest BCUT2D eigenvalue weighted by Gasteiger charge is 2.24. The highest BCUT2D eigenvalue weighted by Crippen LogP contribution is 2.28. The summed E-state index contributed by atoms with van der Waals surface area (Å²) in [5.74, 6) is -0.0574. The highest BCUT2D eigenvalue weighted by atomic mass is 32.2. The molecule has 2 aromatic heterocycles. The lowest BCUT2D eigenvalue weighted by molar-refractivity contribution is 0.0988. The Morgan fingerprint density at radius 2 is 2.10 bits per heavy atom. The second kappa shape index (κ2) is 5.88. The number of H-pyrrole nitrogens is 1. The topological polar surface area (TPSA) is 75.7 Å². The second-order valence-electron chi connectivity index (χ2n) is 4.51. The van der Waals surface area contributed by atoms with Gasteiger partial charge in [0.25, 0.3) is 0 Å². The van der Waals surface area contributed by atoms with Crippen molar-refractivity contribution in [2.45, 2.75) is 37.3 Å². The van der Waals surface area contributed by atoms with Crippen molar-refractivity contribution < 1.29 is 9.59 Å². The molecule has 0 saturated carbocycles. The van der Waals surface area contributed by atoms with E-state index in [4.69, 9.17) is 0 Å². The minimum atomic E-state index is -0.278. The number of ketones is 2. The molecule has 2 heterocycles. The van der Waals surface area contributed by atoms with Gasteiger partial charge < -0.3 is 4.98 Å². The van der Waals surface area contributed by atoms with Crippen LogP contribution in [0.4, 0.5) is 0 Å². The molecule has 0 aliphatic rings. The van der Waals surface area contributed by atoms with E-state index in [2.05, 4.69) is 15.2 Å².